The van der Waals surface area contributed by atoms with Crippen LogP contribution in [-0.2, 0) is 6.54 Å². The number of nitrogens with zero attached hydrogens (tertiary/aromatic N) is 1. The Kier molecular flexibility index (Phi) is 4.21. The number of aryl methyl sites for hydroxylation is 2. The molecule has 0 saturated carbocycles. The Bertz CT molecular complexity index is 969. The number of benzene rings is 2. The molecule has 0 radical (unpaired) electrons. The van der Waals surface area contributed by atoms with Crippen molar-refractivity contribution in [2.75, 3.05) is 7.11 Å². The van der Waals surface area contributed by atoms with E-state index in [9.17, 15) is 9.59 Å². The van der Waals surface area contributed by atoms with Crippen LogP contribution in [0.2, 0.25) is 0 Å². The molecule has 1 heterocycles. The third-order valence-electron chi connectivity index (χ3n) is 4.19. The largest absolute Gasteiger partial charge is 0.495 e. The second-order valence-corrected chi connectivity index (χ2v) is 5.90. The first-order valence-electron chi connectivity index (χ1n) is 7.78. The highest BCUT2D eigenvalue weighted by Crippen LogP contribution is 2.26. The van der Waals surface area contributed by atoms with E-state index >= 15 is 0 Å². The van der Waals surface area contributed by atoms with Crippen molar-refractivity contribution >= 4 is 16.7 Å². The molecule has 0 N–H and O–H groups in total. The van der Waals surface area contributed by atoms with Crippen LogP contribution in [0.25, 0.3) is 10.9 Å². The maximum atomic E-state index is 12.6. The van der Waals surface area contributed by atoms with Crippen LogP contribution in [0.4, 0.5) is 0 Å². The lowest BCUT2D eigenvalue weighted by Crippen LogP contribution is -2.25. The number of aromatic nitrogens is 1. The van der Waals surface area contributed by atoms with Gasteiger partial charge < -0.3 is 4.74 Å². The number of ketones is 1. The number of Topliss-reactive ketones (excluding diaryl/α,β-unsaturated/α-hetero) is 1. The first-order valence-corrected chi connectivity index (χ1v) is 7.78. The van der Waals surface area contributed by atoms with Crippen molar-refractivity contribution in [1.82, 2.24) is 4.57 Å². The predicted molar refractivity (Wildman–Crippen MR) is 95.0 cm³/mol. The topological polar surface area (TPSA) is 48.3 Å². The van der Waals surface area contributed by atoms with Gasteiger partial charge in [0.2, 0.25) is 0 Å². The lowest BCUT2D eigenvalue weighted by Gasteiger charge is -2.14. The Morgan fingerprint density at radius 2 is 1.79 bits per heavy atom. The molecule has 0 bridgehead atoms. The predicted octanol–water partition coefficient (Wildman–Crippen LogP) is 3.51. The molecule has 122 valence electrons. The van der Waals surface area contributed by atoms with Gasteiger partial charge in [0, 0.05) is 17.0 Å². The summed E-state index contributed by atoms with van der Waals surface area (Å²) in [6.07, 6.45) is 0. The molecule has 0 fully saturated rings. The minimum Gasteiger partial charge on any atom is -0.495 e. The van der Waals surface area contributed by atoms with Gasteiger partial charge in [0.25, 0.3) is 5.56 Å². The van der Waals surface area contributed by atoms with Crippen molar-refractivity contribution in [2.24, 2.45) is 0 Å². The van der Waals surface area contributed by atoms with Crippen LogP contribution in [0.1, 0.15) is 21.5 Å². The fourth-order valence-corrected chi connectivity index (χ4v) is 2.87. The Morgan fingerprint density at radius 1 is 1.08 bits per heavy atom. The fraction of sp³-hybridized carbons (Fsp3) is 0.200. The van der Waals surface area contributed by atoms with Crippen LogP contribution in [-0.4, -0.2) is 17.5 Å². The molecule has 0 amide bonds. The summed E-state index contributed by atoms with van der Waals surface area (Å²) in [5, 5.41) is 0.908. The van der Waals surface area contributed by atoms with Crippen molar-refractivity contribution in [2.45, 2.75) is 20.4 Å². The summed E-state index contributed by atoms with van der Waals surface area (Å²) < 4.78 is 6.90. The second kappa shape index (κ2) is 6.32. The van der Waals surface area contributed by atoms with Crippen molar-refractivity contribution in [3.05, 3.63) is 75.6 Å². The van der Waals surface area contributed by atoms with Crippen LogP contribution in [0.5, 0.6) is 5.75 Å². The number of ether oxygens (including phenoxy) is 1. The summed E-state index contributed by atoms with van der Waals surface area (Å²) in [7, 11) is 1.56. The summed E-state index contributed by atoms with van der Waals surface area (Å²) in [4.78, 5) is 25.1. The monoisotopic (exact) mass is 321 g/mol. The zero-order valence-electron chi connectivity index (χ0n) is 14.0. The molecule has 1 aromatic heterocycles. The lowest BCUT2D eigenvalue weighted by molar-refractivity contribution is 0.0972. The van der Waals surface area contributed by atoms with Crippen molar-refractivity contribution in [3.8, 4) is 5.75 Å². The minimum atomic E-state index is -0.204. The molecule has 4 nitrogen and oxygen atoms in total. The van der Waals surface area contributed by atoms with Gasteiger partial charge in [0.15, 0.2) is 5.78 Å². The first-order chi connectivity index (χ1) is 11.5. The van der Waals surface area contributed by atoms with Gasteiger partial charge in [-0.15, -0.1) is 0 Å². The summed E-state index contributed by atoms with van der Waals surface area (Å²) in [6.45, 7) is 3.84. The minimum absolute atomic E-state index is 0.0148. The van der Waals surface area contributed by atoms with E-state index in [-0.39, 0.29) is 17.9 Å². The van der Waals surface area contributed by atoms with Crippen LogP contribution in [0.3, 0.4) is 0 Å². The van der Waals surface area contributed by atoms with Gasteiger partial charge in [0.05, 0.1) is 19.2 Å². The average Bonchev–Trinajstić information content (AvgIpc) is 2.58. The number of hydrogen-bond donors (Lipinski definition) is 0. The summed E-state index contributed by atoms with van der Waals surface area (Å²) in [5.74, 6) is 0.484. The number of rotatable bonds is 4. The highest BCUT2D eigenvalue weighted by atomic mass is 16.5. The van der Waals surface area contributed by atoms with E-state index in [2.05, 4.69) is 0 Å². The van der Waals surface area contributed by atoms with Gasteiger partial charge in [0.1, 0.15) is 5.75 Å². The van der Waals surface area contributed by atoms with Crippen LogP contribution in [0, 0.1) is 13.8 Å². The zero-order valence-corrected chi connectivity index (χ0v) is 14.0. The molecule has 24 heavy (non-hydrogen) atoms. The molecule has 0 aliphatic heterocycles. The maximum absolute atomic E-state index is 12.6. The molecule has 0 spiro atoms. The van der Waals surface area contributed by atoms with Gasteiger partial charge in [-0.3, -0.25) is 14.2 Å². The number of carbonyl (C=O) groups excluding carboxylic acids is 1. The average molecular weight is 321 g/mol. The number of pyridine rings is 1. The van der Waals surface area contributed by atoms with Crippen molar-refractivity contribution < 1.29 is 9.53 Å². The van der Waals surface area contributed by atoms with Crippen LogP contribution >= 0.6 is 0 Å². The molecule has 3 rings (SSSR count). The van der Waals surface area contributed by atoms with Gasteiger partial charge in [-0.2, -0.15) is 0 Å². The number of para-hydroxylation sites is 1. The first kappa shape index (κ1) is 16.0. The number of hydrogen-bond acceptors (Lipinski definition) is 3. The lowest BCUT2D eigenvalue weighted by atomic mass is 10.1. The van der Waals surface area contributed by atoms with E-state index in [0.717, 1.165) is 16.5 Å². The van der Waals surface area contributed by atoms with Crippen LogP contribution < -0.4 is 10.3 Å². The van der Waals surface area contributed by atoms with Gasteiger partial charge in [-0.05, 0) is 25.5 Å². The Morgan fingerprint density at radius 3 is 2.46 bits per heavy atom. The van der Waals surface area contributed by atoms with Gasteiger partial charge >= 0.3 is 0 Å². The highest BCUT2D eigenvalue weighted by molar-refractivity contribution is 5.97. The maximum Gasteiger partial charge on any atom is 0.251 e. The molecule has 0 aliphatic rings. The second-order valence-electron chi connectivity index (χ2n) is 5.90. The third-order valence-corrected chi connectivity index (χ3v) is 4.19. The molecule has 0 saturated heterocycles. The normalized spacial score (nSPS) is 10.8. The van der Waals surface area contributed by atoms with E-state index in [1.54, 1.807) is 31.4 Å². The van der Waals surface area contributed by atoms with Crippen LogP contribution in [0.15, 0.2) is 53.3 Å². The Balaban J connectivity index is 2.14. The summed E-state index contributed by atoms with van der Waals surface area (Å²) >= 11 is 0. The summed E-state index contributed by atoms with van der Waals surface area (Å²) in [5.41, 5.74) is 3.01. The van der Waals surface area contributed by atoms with Gasteiger partial charge in [-0.25, -0.2) is 0 Å². The molecule has 2 aromatic carbocycles. The SMILES string of the molecule is COc1cccc2c(C)cc(=O)n(CC(=O)c3ccc(C)cc3)c12. The van der Waals surface area contributed by atoms with E-state index in [1.165, 1.54) is 4.57 Å². The highest BCUT2D eigenvalue weighted by Gasteiger charge is 2.15. The Hall–Kier alpha value is -2.88. The standard InChI is InChI=1S/C20H19NO3/c1-13-7-9-15(10-8-13)17(22)12-21-19(23)11-14(2)16-5-4-6-18(24-3)20(16)21/h4-11H,12H2,1-3H3. The molecular weight excluding hydrogens is 302 g/mol. The third kappa shape index (κ3) is 2.83. The van der Waals surface area contributed by atoms with E-state index in [4.69, 9.17) is 4.74 Å². The number of carbonyl (C=O) groups is 1. The van der Waals surface area contributed by atoms with Crippen molar-refractivity contribution in [3.63, 3.8) is 0 Å². The molecule has 0 atom stereocenters. The molecule has 0 unspecified atom stereocenters. The fourth-order valence-electron chi connectivity index (χ4n) is 2.87. The zero-order chi connectivity index (χ0) is 17.3. The molecule has 0 aliphatic carbocycles. The van der Waals surface area contributed by atoms with E-state index < -0.39 is 0 Å². The van der Waals surface area contributed by atoms with Crippen molar-refractivity contribution in [1.29, 1.82) is 0 Å². The number of methoxy groups -OCH3 is 1. The molecule has 3 aromatic rings. The molecular formula is C20H19NO3. The van der Waals surface area contributed by atoms with E-state index in [0.29, 0.717) is 16.8 Å². The Labute approximate surface area is 140 Å². The number of fused-ring (bicyclic) bond motifs is 1. The van der Waals surface area contributed by atoms with Gasteiger partial charge in [-0.1, -0.05) is 42.0 Å². The molecule has 4 heteroatoms. The summed E-state index contributed by atoms with van der Waals surface area (Å²) in [6, 6.07) is 14.5. The smallest absolute Gasteiger partial charge is 0.251 e. The quantitative estimate of drug-likeness (QED) is 0.691. The van der Waals surface area contributed by atoms with E-state index in [1.807, 2.05) is 38.1 Å².